The van der Waals surface area contributed by atoms with Gasteiger partial charge in [-0.05, 0) is 55.2 Å². The van der Waals surface area contributed by atoms with E-state index >= 15 is 0 Å². The van der Waals surface area contributed by atoms with Crippen molar-refractivity contribution in [2.75, 3.05) is 18.1 Å². The number of ether oxygens (including phenoxy) is 1. The lowest BCUT2D eigenvalue weighted by molar-refractivity contribution is 0.0855. The highest BCUT2D eigenvalue weighted by atomic mass is 16.6. The number of benzene rings is 1. The van der Waals surface area contributed by atoms with Crippen LogP contribution in [0.5, 0.6) is 0 Å². The third kappa shape index (κ3) is 4.08. The van der Waals surface area contributed by atoms with Crippen LogP contribution < -0.4 is 10.2 Å². The van der Waals surface area contributed by atoms with Gasteiger partial charge in [-0.15, -0.1) is 0 Å². The molecule has 3 rings (SSSR count). The molecule has 0 aromatic heterocycles. The molecule has 144 valence electrons. The minimum Gasteiger partial charge on any atom is -0.447 e. The maximum absolute atomic E-state index is 12.8. The number of carbonyl (C=O) groups excluding carboxylic acids is 2. The first-order valence-corrected chi connectivity index (χ1v) is 9.52. The Hall–Kier alpha value is -2.55. The average Bonchev–Trinajstić information content (AvgIpc) is 3.07. The zero-order chi connectivity index (χ0) is 19.7. The van der Waals surface area contributed by atoms with Gasteiger partial charge in [-0.25, -0.2) is 4.79 Å². The van der Waals surface area contributed by atoms with Crippen LogP contribution >= 0.6 is 0 Å². The number of hydrogen-bond acceptors (Lipinski definition) is 4. The molecule has 0 bridgehead atoms. The number of hydrogen-bond donors (Lipinski definition) is 1. The fourth-order valence-electron chi connectivity index (χ4n) is 3.97. The highest BCUT2D eigenvalue weighted by Gasteiger charge is 2.40. The lowest BCUT2D eigenvalue weighted by Gasteiger charge is -2.40. The molecule has 0 unspecified atom stereocenters. The standard InChI is InChI=1S/C21H27N3O3/c1-20(2,3)16-7-9-21(14-22,10-8-16)23-18(25)15-5-4-6-17(13-15)24-11-12-27-19(24)26/h4-6,13,16H,7-12H2,1-3H3,(H,23,25). The predicted molar refractivity (Wildman–Crippen MR) is 102 cm³/mol. The van der Waals surface area contributed by atoms with Gasteiger partial charge in [-0.1, -0.05) is 26.8 Å². The lowest BCUT2D eigenvalue weighted by atomic mass is 9.67. The second-order valence-electron chi connectivity index (χ2n) is 8.60. The van der Waals surface area contributed by atoms with Crippen molar-refractivity contribution in [2.45, 2.75) is 52.0 Å². The number of cyclic esters (lactones) is 1. The van der Waals surface area contributed by atoms with E-state index in [9.17, 15) is 14.9 Å². The molecule has 0 spiro atoms. The van der Waals surface area contributed by atoms with Crippen LogP contribution in [0.1, 0.15) is 56.8 Å². The minimum atomic E-state index is -0.818. The van der Waals surface area contributed by atoms with Crippen molar-refractivity contribution in [3.63, 3.8) is 0 Å². The van der Waals surface area contributed by atoms with Gasteiger partial charge in [0.15, 0.2) is 0 Å². The second kappa shape index (κ2) is 7.22. The number of nitrogens with zero attached hydrogens (tertiary/aromatic N) is 2. The fourth-order valence-corrected chi connectivity index (χ4v) is 3.97. The van der Waals surface area contributed by atoms with E-state index in [-0.39, 0.29) is 11.3 Å². The van der Waals surface area contributed by atoms with Crippen molar-refractivity contribution in [2.24, 2.45) is 11.3 Å². The summed E-state index contributed by atoms with van der Waals surface area (Å²) >= 11 is 0. The van der Waals surface area contributed by atoms with Gasteiger partial charge in [0.2, 0.25) is 0 Å². The molecule has 1 saturated carbocycles. The summed E-state index contributed by atoms with van der Waals surface area (Å²) in [6.07, 6.45) is 2.78. The van der Waals surface area contributed by atoms with Crippen LogP contribution in [0.4, 0.5) is 10.5 Å². The number of nitrogens with one attached hydrogen (secondary N) is 1. The molecule has 1 saturated heterocycles. The number of nitriles is 1. The van der Waals surface area contributed by atoms with E-state index in [4.69, 9.17) is 4.74 Å². The zero-order valence-corrected chi connectivity index (χ0v) is 16.2. The van der Waals surface area contributed by atoms with Crippen LogP contribution in [-0.2, 0) is 4.74 Å². The van der Waals surface area contributed by atoms with Crippen LogP contribution in [0.25, 0.3) is 0 Å². The second-order valence-corrected chi connectivity index (χ2v) is 8.60. The number of rotatable bonds is 3. The maximum atomic E-state index is 12.8. The summed E-state index contributed by atoms with van der Waals surface area (Å²) in [5, 5.41) is 12.7. The first kappa shape index (κ1) is 19.2. The van der Waals surface area contributed by atoms with Crippen LogP contribution in [0.15, 0.2) is 24.3 Å². The topological polar surface area (TPSA) is 82.4 Å². The Morgan fingerprint density at radius 1 is 1.33 bits per heavy atom. The van der Waals surface area contributed by atoms with E-state index in [0.29, 0.717) is 43.2 Å². The summed E-state index contributed by atoms with van der Waals surface area (Å²) < 4.78 is 4.96. The van der Waals surface area contributed by atoms with Crippen molar-refractivity contribution in [3.05, 3.63) is 29.8 Å². The van der Waals surface area contributed by atoms with Crippen molar-refractivity contribution >= 4 is 17.7 Å². The molecular weight excluding hydrogens is 342 g/mol. The minimum absolute atomic E-state index is 0.213. The van der Waals surface area contributed by atoms with Crippen molar-refractivity contribution in [1.82, 2.24) is 5.32 Å². The summed E-state index contributed by atoms with van der Waals surface area (Å²) in [5.41, 5.74) is 0.471. The molecule has 1 aliphatic heterocycles. The van der Waals surface area contributed by atoms with Gasteiger partial charge in [0.1, 0.15) is 12.1 Å². The monoisotopic (exact) mass is 369 g/mol. The summed E-state index contributed by atoms with van der Waals surface area (Å²) in [4.78, 5) is 26.1. The van der Waals surface area contributed by atoms with Crippen molar-refractivity contribution in [1.29, 1.82) is 5.26 Å². The molecule has 2 amide bonds. The molecule has 1 aromatic rings. The summed E-state index contributed by atoms with van der Waals surface area (Å²) in [6, 6.07) is 9.24. The van der Waals surface area contributed by atoms with Gasteiger partial charge in [-0.2, -0.15) is 5.26 Å². The van der Waals surface area contributed by atoms with Crippen LogP contribution in [0, 0.1) is 22.7 Å². The Labute approximate surface area is 160 Å². The Morgan fingerprint density at radius 3 is 2.59 bits per heavy atom. The third-order valence-electron chi connectivity index (χ3n) is 5.81. The Kier molecular flexibility index (Phi) is 5.14. The summed E-state index contributed by atoms with van der Waals surface area (Å²) in [7, 11) is 0. The van der Waals surface area contributed by atoms with E-state index < -0.39 is 11.6 Å². The molecule has 6 nitrogen and oxygen atoms in total. The molecule has 1 aromatic carbocycles. The van der Waals surface area contributed by atoms with Gasteiger partial charge >= 0.3 is 6.09 Å². The summed E-state index contributed by atoms with van der Waals surface area (Å²) in [5.74, 6) is 0.278. The number of anilines is 1. The molecule has 2 fully saturated rings. The molecule has 6 heteroatoms. The fraction of sp³-hybridized carbons (Fsp3) is 0.571. The van der Waals surface area contributed by atoms with E-state index in [1.807, 2.05) is 0 Å². The van der Waals surface area contributed by atoms with Crippen molar-refractivity contribution < 1.29 is 14.3 Å². The molecule has 2 aliphatic rings. The molecule has 27 heavy (non-hydrogen) atoms. The molecule has 0 atom stereocenters. The molecule has 0 radical (unpaired) electrons. The average molecular weight is 369 g/mol. The van der Waals surface area contributed by atoms with Gasteiger partial charge < -0.3 is 10.1 Å². The van der Waals surface area contributed by atoms with E-state index in [2.05, 4.69) is 32.2 Å². The largest absolute Gasteiger partial charge is 0.447 e. The van der Waals surface area contributed by atoms with Crippen LogP contribution in [0.3, 0.4) is 0 Å². The quantitative estimate of drug-likeness (QED) is 0.877. The Balaban J connectivity index is 1.71. The van der Waals surface area contributed by atoms with Crippen LogP contribution in [-0.4, -0.2) is 30.7 Å². The van der Waals surface area contributed by atoms with Crippen LogP contribution in [0.2, 0.25) is 0 Å². The third-order valence-corrected chi connectivity index (χ3v) is 5.81. The Morgan fingerprint density at radius 2 is 2.04 bits per heavy atom. The highest BCUT2D eigenvalue weighted by molar-refractivity contribution is 5.97. The molecule has 1 aliphatic carbocycles. The smallest absolute Gasteiger partial charge is 0.414 e. The molecular formula is C21H27N3O3. The normalized spacial score (nSPS) is 25.6. The molecule has 1 heterocycles. The lowest BCUT2D eigenvalue weighted by Crippen LogP contribution is -2.50. The van der Waals surface area contributed by atoms with Gasteiger partial charge in [0.05, 0.1) is 12.6 Å². The number of carbonyl (C=O) groups is 2. The van der Waals surface area contributed by atoms with E-state index in [0.717, 1.165) is 12.8 Å². The first-order valence-electron chi connectivity index (χ1n) is 9.52. The maximum Gasteiger partial charge on any atom is 0.414 e. The number of amides is 2. The summed E-state index contributed by atoms with van der Waals surface area (Å²) in [6.45, 7) is 7.50. The highest BCUT2D eigenvalue weighted by Crippen LogP contribution is 2.41. The van der Waals surface area contributed by atoms with Gasteiger partial charge in [0.25, 0.3) is 5.91 Å². The van der Waals surface area contributed by atoms with E-state index in [1.54, 1.807) is 24.3 Å². The Bertz CT molecular complexity index is 768. The SMILES string of the molecule is CC(C)(C)C1CCC(C#N)(NC(=O)c2cccc(N3CCOC3=O)c2)CC1. The van der Waals surface area contributed by atoms with Gasteiger partial charge in [0, 0.05) is 11.3 Å². The van der Waals surface area contributed by atoms with E-state index in [1.165, 1.54) is 4.90 Å². The first-order chi connectivity index (χ1) is 12.7. The van der Waals surface area contributed by atoms with Crippen molar-refractivity contribution in [3.8, 4) is 6.07 Å². The predicted octanol–water partition coefficient (Wildman–Crippen LogP) is 3.87. The zero-order valence-electron chi connectivity index (χ0n) is 16.2. The molecule has 1 N–H and O–H groups in total. The van der Waals surface area contributed by atoms with Gasteiger partial charge in [-0.3, -0.25) is 9.69 Å².